The molecule has 2 aromatic rings. The van der Waals surface area contributed by atoms with Crippen molar-refractivity contribution < 1.29 is 28.0 Å². The molecular weight excluding hydrogens is 444 g/mol. The van der Waals surface area contributed by atoms with Crippen LogP contribution in [0.4, 0.5) is 5.69 Å². The average Bonchev–Trinajstić information content (AvgIpc) is 2.80. The molecule has 1 aliphatic heterocycles. The molecule has 0 amide bonds. The van der Waals surface area contributed by atoms with E-state index in [9.17, 15) is 13.8 Å². The van der Waals surface area contributed by atoms with Crippen LogP contribution in [0.25, 0.3) is 0 Å². The zero-order chi connectivity index (χ0) is 22.4. The van der Waals surface area contributed by atoms with Gasteiger partial charge in [-0.3, -0.25) is 4.90 Å². The Bertz CT molecular complexity index is 994. The summed E-state index contributed by atoms with van der Waals surface area (Å²) in [5, 5.41) is 0.416. The van der Waals surface area contributed by atoms with Gasteiger partial charge in [0.1, 0.15) is 0 Å². The number of carbonyl (C=O) groups excluding carboxylic acids is 2. The van der Waals surface area contributed by atoms with Gasteiger partial charge in [-0.25, -0.2) is 13.8 Å². The van der Waals surface area contributed by atoms with Crippen molar-refractivity contribution in [3.05, 3.63) is 58.1 Å². The third-order valence-corrected chi connectivity index (χ3v) is 6.50. The van der Waals surface area contributed by atoms with E-state index in [-0.39, 0.29) is 11.1 Å². The molecule has 10 heteroatoms. The fourth-order valence-corrected chi connectivity index (χ4v) is 4.50. The highest BCUT2D eigenvalue weighted by molar-refractivity contribution is 7.86. The van der Waals surface area contributed by atoms with Crippen molar-refractivity contribution >= 4 is 40.2 Å². The number of anilines is 1. The van der Waals surface area contributed by atoms with Crippen LogP contribution in [-0.4, -0.2) is 61.6 Å². The summed E-state index contributed by atoms with van der Waals surface area (Å²) in [5.74, 6) is -1.38. The molecule has 166 valence electrons. The highest BCUT2D eigenvalue weighted by atomic mass is 35.5. The van der Waals surface area contributed by atoms with Crippen molar-refractivity contribution in [2.24, 2.45) is 0 Å². The van der Waals surface area contributed by atoms with E-state index >= 15 is 0 Å². The van der Waals surface area contributed by atoms with Gasteiger partial charge in [-0.15, -0.1) is 0 Å². The minimum absolute atomic E-state index is 0.00325. The maximum absolute atomic E-state index is 13.0. The molecule has 0 aromatic heterocycles. The molecule has 1 atom stereocenters. The van der Waals surface area contributed by atoms with E-state index in [1.165, 1.54) is 32.4 Å². The van der Waals surface area contributed by atoms with Crippen LogP contribution in [0.1, 0.15) is 26.3 Å². The van der Waals surface area contributed by atoms with Gasteiger partial charge in [-0.1, -0.05) is 23.7 Å². The van der Waals surface area contributed by atoms with Crippen molar-refractivity contribution in [2.45, 2.75) is 11.4 Å². The van der Waals surface area contributed by atoms with Gasteiger partial charge in [0, 0.05) is 25.3 Å². The Hall–Kier alpha value is -2.46. The van der Waals surface area contributed by atoms with Gasteiger partial charge in [-0.05, 0) is 29.8 Å². The monoisotopic (exact) mass is 466 g/mol. The summed E-state index contributed by atoms with van der Waals surface area (Å²) in [6.45, 7) is 3.60. The van der Waals surface area contributed by atoms with Gasteiger partial charge in [0.05, 0.1) is 48.5 Å². The van der Waals surface area contributed by atoms with Gasteiger partial charge in [-0.2, -0.15) is 0 Å². The van der Waals surface area contributed by atoms with Crippen molar-refractivity contribution in [1.29, 1.82) is 0 Å². The van der Waals surface area contributed by atoms with E-state index in [4.69, 9.17) is 25.8 Å². The molecule has 3 rings (SSSR count). The van der Waals surface area contributed by atoms with Crippen molar-refractivity contribution in [1.82, 2.24) is 4.90 Å². The molecule has 0 aliphatic carbocycles. The number of esters is 2. The molecular formula is C21H23ClN2O6S. The predicted octanol–water partition coefficient (Wildman–Crippen LogP) is 2.88. The Kier molecular flexibility index (Phi) is 8.03. The number of methoxy groups -OCH3 is 2. The highest BCUT2D eigenvalue weighted by Gasteiger charge is 2.21. The Balaban J connectivity index is 1.82. The second kappa shape index (κ2) is 10.7. The lowest BCUT2D eigenvalue weighted by molar-refractivity contribution is 0.0342. The van der Waals surface area contributed by atoms with E-state index < -0.39 is 22.9 Å². The summed E-state index contributed by atoms with van der Waals surface area (Å²) >= 11 is 6.55. The summed E-state index contributed by atoms with van der Waals surface area (Å²) < 4.78 is 30.6. The minimum Gasteiger partial charge on any atom is -0.465 e. The number of benzene rings is 2. The second-order valence-electron chi connectivity index (χ2n) is 6.73. The Morgan fingerprint density at radius 1 is 1.10 bits per heavy atom. The molecule has 31 heavy (non-hydrogen) atoms. The molecule has 1 aliphatic rings. The van der Waals surface area contributed by atoms with E-state index in [1.807, 2.05) is 6.07 Å². The number of morpholine rings is 1. The lowest BCUT2D eigenvalue weighted by atomic mass is 10.1. The summed E-state index contributed by atoms with van der Waals surface area (Å²) in [6.07, 6.45) is 0. The van der Waals surface area contributed by atoms with Gasteiger partial charge in [0.15, 0.2) is 11.0 Å². The number of ether oxygens (including phenoxy) is 3. The third kappa shape index (κ3) is 5.62. The zero-order valence-electron chi connectivity index (χ0n) is 17.2. The molecule has 0 spiro atoms. The molecule has 1 N–H and O–H groups in total. The first kappa shape index (κ1) is 23.2. The molecule has 1 unspecified atom stereocenters. The van der Waals surface area contributed by atoms with Crippen LogP contribution in [0.5, 0.6) is 0 Å². The number of hydrogen-bond acceptors (Lipinski definition) is 7. The topological polar surface area (TPSA) is 94.2 Å². The highest BCUT2D eigenvalue weighted by Crippen LogP contribution is 2.27. The fraction of sp³-hybridized carbons (Fsp3) is 0.333. The number of rotatable bonds is 7. The predicted molar refractivity (Wildman–Crippen MR) is 117 cm³/mol. The van der Waals surface area contributed by atoms with Crippen LogP contribution in [0, 0.1) is 0 Å². The van der Waals surface area contributed by atoms with Crippen molar-refractivity contribution in [3.8, 4) is 0 Å². The van der Waals surface area contributed by atoms with Gasteiger partial charge in [0.25, 0.3) is 0 Å². The molecule has 2 aromatic carbocycles. The number of nitrogens with one attached hydrogen (secondary N) is 1. The lowest BCUT2D eigenvalue weighted by Gasteiger charge is -2.27. The standard InChI is InChI=1S/C21H23ClN2O6S/c1-28-20(25)16-7-6-15(12-17(16)21(26)29-2)23-31(27)18-5-3-4-14(19(18)22)13-24-8-10-30-11-9-24/h3-7,12,23H,8-11,13H2,1-2H3. The summed E-state index contributed by atoms with van der Waals surface area (Å²) in [4.78, 5) is 26.6. The van der Waals surface area contributed by atoms with Crippen LogP contribution < -0.4 is 4.72 Å². The van der Waals surface area contributed by atoms with Crippen LogP contribution in [0.3, 0.4) is 0 Å². The summed E-state index contributed by atoms with van der Waals surface area (Å²) in [6, 6.07) is 9.71. The SMILES string of the molecule is COC(=O)c1ccc(NS(=O)c2cccc(CN3CCOCC3)c2Cl)cc1C(=O)OC. The lowest BCUT2D eigenvalue weighted by Crippen LogP contribution is -2.35. The van der Waals surface area contributed by atoms with E-state index in [2.05, 4.69) is 9.62 Å². The Labute approximate surface area is 188 Å². The first-order valence-corrected chi connectivity index (χ1v) is 11.0. The molecule has 0 saturated carbocycles. The van der Waals surface area contributed by atoms with Gasteiger partial charge < -0.3 is 18.9 Å². The zero-order valence-corrected chi connectivity index (χ0v) is 18.8. The van der Waals surface area contributed by atoms with Crippen molar-refractivity contribution in [2.75, 3.05) is 45.2 Å². The summed E-state index contributed by atoms with van der Waals surface area (Å²) in [7, 11) is 0.730. The maximum Gasteiger partial charge on any atom is 0.338 e. The molecule has 1 heterocycles. The van der Waals surface area contributed by atoms with E-state index in [0.717, 1.165) is 18.7 Å². The number of hydrogen-bond donors (Lipinski definition) is 1. The largest absolute Gasteiger partial charge is 0.465 e. The Morgan fingerprint density at radius 3 is 2.45 bits per heavy atom. The average molecular weight is 467 g/mol. The smallest absolute Gasteiger partial charge is 0.338 e. The van der Waals surface area contributed by atoms with Crippen LogP contribution in [0.2, 0.25) is 5.02 Å². The first-order chi connectivity index (χ1) is 14.9. The summed E-state index contributed by atoms with van der Waals surface area (Å²) in [5.41, 5.74) is 1.29. The van der Waals surface area contributed by atoms with E-state index in [0.29, 0.717) is 35.4 Å². The molecule has 1 saturated heterocycles. The van der Waals surface area contributed by atoms with Crippen LogP contribution in [0.15, 0.2) is 41.3 Å². The first-order valence-electron chi connectivity index (χ1n) is 9.51. The quantitative estimate of drug-likeness (QED) is 0.627. The third-order valence-electron chi connectivity index (χ3n) is 4.78. The number of carbonyl (C=O) groups is 2. The molecule has 0 radical (unpaired) electrons. The normalized spacial score (nSPS) is 15.2. The van der Waals surface area contributed by atoms with Gasteiger partial charge in [0.2, 0.25) is 0 Å². The van der Waals surface area contributed by atoms with E-state index in [1.54, 1.807) is 12.1 Å². The number of nitrogens with zero attached hydrogens (tertiary/aromatic N) is 1. The van der Waals surface area contributed by atoms with Crippen LogP contribution >= 0.6 is 11.6 Å². The minimum atomic E-state index is -1.70. The van der Waals surface area contributed by atoms with Gasteiger partial charge >= 0.3 is 11.9 Å². The maximum atomic E-state index is 13.0. The molecule has 1 fully saturated rings. The Morgan fingerprint density at radius 2 is 1.77 bits per heavy atom. The fourth-order valence-electron chi connectivity index (χ4n) is 3.16. The van der Waals surface area contributed by atoms with Crippen LogP contribution in [-0.2, 0) is 31.7 Å². The second-order valence-corrected chi connectivity index (χ2v) is 8.29. The molecule has 8 nitrogen and oxygen atoms in total. The number of halogens is 1. The molecule has 0 bridgehead atoms. The van der Waals surface area contributed by atoms with Crippen molar-refractivity contribution in [3.63, 3.8) is 0 Å².